The van der Waals surface area contributed by atoms with Crippen LogP contribution in [-0.4, -0.2) is 34.5 Å². The van der Waals surface area contributed by atoms with E-state index >= 15 is 0 Å². The van der Waals surface area contributed by atoms with Crippen molar-refractivity contribution in [2.45, 2.75) is 37.8 Å². The lowest BCUT2D eigenvalue weighted by Gasteiger charge is -2.25. The smallest absolute Gasteiger partial charge is 0.0815 e. The first-order valence-corrected chi connectivity index (χ1v) is 10.6. The van der Waals surface area contributed by atoms with Gasteiger partial charge in [-0.15, -0.1) is 0 Å². The number of hydrogen-bond acceptors (Lipinski definition) is 4. The van der Waals surface area contributed by atoms with Crippen LogP contribution < -0.4 is 0 Å². The summed E-state index contributed by atoms with van der Waals surface area (Å²) in [7, 11) is 0. The Kier molecular flexibility index (Phi) is 5.30. The molecule has 4 nitrogen and oxygen atoms in total. The molecular formula is C26H24N4. The molecule has 1 aliphatic carbocycles. The molecular weight excluding hydrogens is 368 g/mol. The first-order valence-electron chi connectivity index (χ1n) is 10.6. The van der Waals surface area contributed by atoms with Gasteiger partial charge >= 0.3 is 0 Å². The third kappa shape index (κ3) is 4.13. The van der Waals surface area contributed by atoms with Gasteiger partial charge in [-0.25, -0.2) is 9.97 Å². The van der Waals surface area contributed by atoms with Crippen molar-refractivity contribution in [2.75, 3.05) is 0 Å². The summed E-state index contributed by atoms with van der Waals surface area (Å²) in [6.07, 6.45) is 8.37. The average molecular weight is 393 g/mol. The van der Waals surface area contributed by atoms with E-state index in [-0.39, 0.29) is 12.1 Å². The van der Waals surface area contributed by atoms with Gasteiger partial charge in [-0.1, -0.05) is 61.4 Å². The fourth-order valence-electron chi connectivity index (χ4n) is 4.09. The van der Waals surface area contributed by atoms with Gasteiger partial charge in [-0.05, 0) is 37.1 Å². The van der Waals surface area contributed by atoms with Crippen LogP contribution in [-0.2, 0) is 0 Å². The van der Waals surface area contributed by atoms with Crippen LogP contribution in [0.15, 0.2) is 82.8 Å². The van der Waals surface area contributed by atoms with E-state index in [0.717, 1.165) is 46.0 Å². The number of aliphatic imine (C=N–C) groups is 2. The summed E-state index contributed by atoms with van der Waals surface area (Å²) < 4.78 is 0. The van der Waals surface area contributed by atoms with Gasteiger partial charge in [0.25, 0.3) is 0 Å². The minimum Gasteiger partial charge on any atom is -0.285 e. The number of fused-ring (bicyclic) bond motifs is 2. The number of nitrogens with zero attached hydrogens (tertiary/aromatic N) is 4. The summed E-state index contributed by atoms with van der Waals surface area (Å²) >= 11 is 0. The maximum Gasteiger partial charge on any atom is 0.0815 e. The highest BCUT2D eigenvalue weighted by Gasteiger charge is 2.23. The van der Waals surface area contributed by atoms with Crippen LogP contribution in [0.3, 0.4) is 0 Å². The van der Waals surface area contributed by atoms with Crippen molar-refractivity contribution in [1.29, 1.82) is 0 Å². The summed E-state index contributed by atoms with van der Waals surface area (Å²) in [4.78, 5) is 19.2. The Morgan fingerprint density at radius 3 is 1.57 bits per heavy atom. The molecule has 1 saturated carbocycles. The molecule has 2 atom stereocenters. The largest absolute Gasteiger partial charge is 0.285 e. The van der Waals surface area contributed by atoms with Crippen molar-refractivity contribution < 1.29 is 0 Å². The Morgan fingerprint density at radius 2 is 1.07 bits per heavy atom. The summed E-state index contributed by atoms with van der Waals surface area (Å²) in [5, 5.41) is 2.30. The zero-order valence-corrected chi connectivity index (χ0v) is 16.9. The third-order valence-electron chi connectivity index (χ3n) is 5.73. The number of para-hydroxylation sites is 2. The van der Waals surface area contributed by atoms with Crippen LogP contribution in [0.4, 0.5) is 0 Å². The second kappa shape index (κ2) is 8.54. The standard InChI is InChI=1S/C26H24N4/c1-3-9-23-19(7-1)13-15-21(29-23)17-27-25-11-5-6-12-26(25)28-18-22-16-14-20-8-2-4-10-24(20)30-22/h1-4,7-10,13-18,25-26H,5-6,11-12H2/t25-,26?/m0/s1. The van der Waals surface area contributed by atoms with Crippen molar-refractivity contribution in [3.8, 4) is 0 Å². The van der Waals surface area contributed by atoms with Gasteiger partial charge in [-0.3, -0.25) is 9.98 Å². The molecule has 2 aromatic heterocycles. The Bertz CT molecular complexity index is 1130. The van der Waals surface area contributed by atoms with Crippen LogP contribution in [0.2, 0.25) is 0 Å². The van der Waals surface area contributed by atoms with E-state index in [2.05, 4.69) is 24.3 Å². The molecule has 148 valence electrons. The molecule has 2 heterocycles. The topological polar surface area (TPSA) is 50.5 Å². The lowest BCUT2D eigenvalue weighted by molar-refractivity contribution is 0.390. The number of rotatable bonds is 4. The van der Waals surface area contributed by atoms with Gasteiger partial charge in [0.1, 0.15) is 0 Å². The van der Waals surface area contributed by atoms with Crippen LogP contribution in [0.5, 0.6) is 0 Å². The number of hydrogen-bond donors (Lipinski definition) is 0. The molecule has 1 aliphatic rings. The first-order chi connectivity index (χ1) is 14.8. The molecule has 0 aliphatic heterocycles. The molecule has 4 aromatic rings. The zero-order valence-electron chi connectivity index (χ0n) is 16.9. The summed E-state index contributed by atoms with van der Waals surface area (Å²) in [5.41, 5.74) is 3.81. The van der Waals surface area contributed by atoms with Gasteiger partial charge < -0.3 is 0 Å². The van der Waals surface area contributed by atoms with E-state index in [0.29, 0.717) is 0 Å². The third-order valence-corrected chi connectivity index (χ3v) is 5.73. The van der Waals surface area contributed by atoms with Crippen molar-refractivity contribution in [3.05, 3.63) is 84.2 Å². The van der Waals surface area contributed by atoms with E-state index in [1.54, 1.807) is 0 Å². The van der Waals surface area contributed by atoms with Gasteiger partial charge in [-0.2, -0.15) is 0 Å². The Morgan fingerprint density at radius 1 is 0.600 bits per heavy atom. The van der Waals surface area contributed by atoms with E-state index in [4.69, 9.17) is 20.0 Å². The molecule has 1 fully saturated rings. The monoisotopic (exact) mass is 392 g/mol. The van der Waals surface area contributed by atoms with Gasteiger partial charge in [0.05, 0.1) is 34.5 Å². The Balaban J connectivity index is 1.34. The summed E-state index contributed by atoms with van der Waals surface area (Å²) in [5.74, 6) is 0. The fraction of sp³-hybridized carbons (Fsp3) is 0.231. The highest BCUT2D eigenvalue weighted by molar-refractivity contribution is 5.86. The second-order valence-corrected chi connectivity index (χ2v) is 7.83. The predicted molar refractivity (Wildman–Crippen MR) is 125 cm³/mol. The van der Waals surface area contributed by atoms with Gasteiger partial charge in [0, 0.05) is 23.2 Å². The lowest BCUT2D eigenvalue weighted by atomic mass is 9.91. The molecule has 2 aromatic carbocycles. The quantitative estimate of drug-likeness (QED) is 0.423. The maximum absolute atomic E-state index is 4.88. The minimum atomic E-state index is 0.198. The van der Waals surface area contributed by atoms with E-state index in [9.17, 15) is 0 Å². The molecule has 30 heavy (non-hydrogen) atoms. The second-order valence-electron chi connectivity index (χ2n) is 7.83. The normalized spacial score (nSPS) is 19.9. The highest BCUT2D eigenvalue weighted by Crippen LogP contribution is 2.24. The van der Waals surface area contributed by atoms with E-state index in [1.165, 1.54) is 12.8 Å². The molecule has 0 saturated heterocycles. The molecule has 5 rings (SSSR count). The van der Waals surface area contributed by atoms with Crippen molar-refractivity contribution in [1.82, 2.24) is 9.97 Å². The number of aromatic nitrogens is 2. The zero-order chi connectivity index (χ0) is 20.2. The summed E-state index contributed by atoms with van der Waals surface area (Å²) in [6.45, 7) is 0. The van der Waals surface area contributed by atoms with Crippen molar-refractivity contribution >= 4 is 34.2 Å². The van der Waals surface area contributed by atoms with Gasteiger partial charge in [0.2, 0.25) is 0 Å². The fourth-order valence-corrected chi connectivity index (χ4v) is 4.09. The minimum absolute atomic E-state index is 0.198. The highest BCUT2D eigenvalue weighted by atomic mass is 14.9. The van der Waals surface area contributed by atoms with Crippen molar-refractivity contribution in [3.63, 3.8) is 0 Å². The van der Waals surface area contributed by atoms with Gasteiger partial charge in [0.15, 0.2) is 0 Å². The Labute approximate surface area is 176 Å². The van der Waals surface area contributed by atoms with Crippen molar-refractivity contribution in [2.24, 2.45) is 9.98 Å². The van der Waals surface area contributed by atoms with E-state index < -0.39 is 0 Å². The number of benzene rings is 2. The van der Waals surface area contributed by atoms with Crippen LogP contribution in [0.25, 0.3) is 21.8 Å². The molecule has 0 spiro atoms. The molecule has 0 bridgehead atoms. The van der Waals surface area contributed by atoms with E-state index in [1.807, 2.05) is 61.0 Å². The molecule has 0 amide bonds. The van der Waals surface area contributed by atoms with Crippen LogP contribution in [0.1, 0.15) is 37.1 Å². The molecule has 1 unspecified atom stereocenters. The Hall–Kier alpha value is -3.40. The SMILES string of the molecule is C(=NC1CCCC[C@@H]1N=Cc1ccc2ccccc2n1)c1ccc2ccccc2n1. The molecule has 0 N–H and O–H groups in total. The van der Waals surface area contributed by atoms with Crippen LogP contribution >= 0.6 is 0 Å². The molecule has 4 heteroatoms. The predicted octanol–water partition coefficient (Wildman–Crippen LogP) is 5.63. The first kappa shape index (κ1) is 18.6. The molecule has 0 radical (unpaired) electrons. The lowest BCUT2D eigenvalue weighted by Crippen LogP contribution is -2.27. The maximum atomic E-state index is 4.88. The average Bonchev–Trinajstić information content (AvgIpc) is 2.81. The van der Waals surface area contributed by atoms with Crippen LogP contribution in [0, 0.1) is 0 Å². The summed E-state index contributed by atoms with van der Waals surface area (Å²) in [6, 6.07) is 25.0. The number of pyridine rings is 2.